The van der Waals surface area contributed by atoms with Crippen molar-refractivity contribution in [3.63, 3.8) is 0 Å². The van der Waals surface area contributed by atoms with Gasteiger partial charge in [0, 0.05) is 25.7 Å². The van der Waals surface area contributed by atoms with Gasteiger partial charge in [-0.15, -0.1) is 10.2 Å². The van der Waals surface area contributed by atoms with Crippen molar-refractivity contribution in [2.45, 2.75) is 58.2 Å². The van der Waals surface area contributed by atoms with Crippen LogP contribution in [-0.2, 0) is 13.1 Å². The molecule has 1 aromatic heterocycles. The van der Waals surface area contributed by atoms with Gasteiger partial charge < -0.3 is 9.88 Å². The second-order valence-corrected chi connectivity index (χ2v) is 6.28. The maximum absolute atomic E-state index is 4.22. The number of aromatic nitrogens is 3. The molecule has 1 aliphatic carbocycles. The maximum atomic E-state index is 4.22. The molecule has 1 fully saturated rings. The fourth-order valence-electron chi connectivity index (χ4n) is 3.63. The minimum Gasteiger partial charge on any atom is -0.315 e. The molecule has 1 aliphatic heterocycles. The molecule has 0 amide bonds. The summed E-state index contributed by atoms with van der Waals surface area (Å²) in [5.41, 5.74) is 0. The van der Waals surface area contributed by atoms with E-state index in [4.69, 9.17) is 0 Å². The topological polar surface area (TPSA) is 46.0 Å². The molecule has 0 saturated heterocycles. The number of nitrogens with one attached hydrogen (secondary N) is 1. The lowest BCUT2D eigenvalue weighted by atomic mass is 9.84. The first-order valence-corrected chi connectivity index (χ1v) is 8.19. The van der Waals surface area contributed by atoms with Gasteiger partial charge >= 0.3 is 0 Å². The van der Waals surface area contributed by atoms with Crippen LogP contribution in [0.5, 0.6) is 0 Å². The lowest BCUT2D eigenvalue weighted by Gasteiger charge is -2.37. The smallest absolute Gasteiger partial charge is 0.147 e. The monoisotopic (exact) mass is 277 g/mol. The molecule has 3 rings (SSSR count). The molecule has 1 N–H and O–H groups in total. The third-order valence-electron chi connectivity index (χ3n) is 4.78. The van der Waals surface area contributed by atoms with Crippen LogP contribution in [0.2, 0.25) is 0 Å². The Bertz CT molecular complexity index is 416. The molecule has 2 aliphatic rings. The van der Waals surface area contributed by atoms with Crippen molar-refractivity contribution in [3.8, 4) is 0 Å². The summed E-state index contributed by atoms with van der Waals surface area (Å²) >= 11 is 0. The third-order valence-corrected chi connectivity index (χ3v) is 4.78. The highest BCUT2D eigenvalue weighted by atomic mass is 15.3. The Labute approximate surface area is 121 Å². The molecule has 0 aromatic carbocycles. The van der Waals surface area contributed by atoms with Gasteiger partial charge in [0.1, 0.15) is 12.2 Å². The fourth-order valence-corrected chi connectivity index (χ4v) is 3.63. The second kappa shape index (κ2) is 6.68. The summed E-state index contributed by atoms with van der Waals surface area (Å²) in [5, 5.41) is 12.0. The van der Waals surface area contributed by atoms with Crippen molar-refractivity contribution in [1.82, 2.24) is 25.0 Å². The molecule has 2 unspecified atom stereocenters. The van der Waals surface area contributed by atoms with Gasteiger partial charge in [0.2, 0.25) is 0 Å². The van der Waals surface area contributed by atoms with E-state index in [1.165, 1.54) is 38.6 Å². The van der Waals surface area contributed by atoms with Crippen LogP contribution in [0.1, 0.15) is 44.9 Å². The lowest BCUT2D eigenvalue weighted by molar-refractivity contribution is 0.141. The van der Waals surface area contributed by atoms with Gasteiger partial charge in [-0.25, -0.2) is 0 Å². The van der Waals surface area contributed by atoms with Gasteiger partial charge in [-0.05, 0) is 31.7 Å². The van der Waals surface area contributed by atoms with Gasteiger partial charge in [0.05, 0.1) is 6.54 Å². The number of fused-ring (bicyclic) bond motifs is 1. The first kappa shape index (κ1) is 14.0. The highest BCUT2D eigenvalue weighted by molar-refractivity contribution is 4.91. The van der Waals surface area contributed by atoms with Crippen molar-refractivity contribution in [1.29, 1.82) is 0 Å². The Hall–Kier alpha value is -0.940. The van der Waals surface area contributed by atoms with E-state index in [2.05, 4.69) is 31.9 Å². The zero-order valence-corrected chi connectivity index (χ0v) is 12.6. The van der Waals surface area contributed by atoms with E-state index in [0.717, 1.165) is 44.0 Å². The number of hydrogen-bond acceptors (Lipinski definition) is 4. The molecule has 2 heterocycles. The molecule has 2 atom stereocenters. The standard InChI is InChI=1S/C15H27N5/c1-2-7-16-14-6-4-3-5-13(14)10-19-8-9-20-12-17-18-15(20)11-19/h12-14,16H,2-11H2,1H3. The molecular formula is C15H27N5. The van der Waals surface area contributed by atoms with E-state index >= 15 is 0 Å². The fraction of sp³-hybridized carbons (Fsp3) is 0.867. The zero-order valence-electron chi connectivity index (χ0n) is 12.6. The first-order valence-electron chi connectivity index (χ1n) is 8.19. The van der Waals surface area contributed by atoms with Crippen LogP contribution in [0.3, 0.4) is 0 Å². The molecule has 20 heavy (non-hydrogen) atoms. The molecule has 5 nitrogen and oxygen atoms in total. The van der Waals surface area contributed by atoms with Crippen molar-refractivity contribution < 1.29 is 0 Å². The highest BCUT2D eigenvalue weighted by Crippen LogP contribution is 2.26. The van der Waals surface area contributed by atoms with E-state index in [1.54, 1.807) is 0 Å². The van der Waals surface area contributed by atoms with E-state index in [0.29, 0.717) is 0 Å². The van der Waals surface area contributed by atoms with Gasteiger partial charge in [0.15, 0.2) is 0 Å². The Balaban J connectivity index is 1.56. The molecule has 0 radical (unpaired) electrons. The van der Waals surface area contributed by atoms with Gasteiger partial charge in [-0.3, -0.25) is 4.90 Å². The summed E-state index contributed by atoms with van der Waals surface area (Å²) in [4.78, 5) is 2.57. The van der Waals surface area contributed by atoms with Crippen LogP contribution in [0.4, 0.5) is 0 Å². The number of nitrogens with zero attached hydrogens (tertiary/aromatic N) is 4. The largest absolute Gasteiger partial charge is 0.315 e. The van der Waals surface area contributed by atoms with Crippen LogP contribution in [0, 0.1) is 5.92 Å². The summed E-state index contributed by atoms with van der Waals surface area (Å²) < 4.78 is 2.18. The van der Waals surface area contributed by atoms with Crippen LogP contribution in [0.25, 0.3) is 0 Å². The molecule has 1 aromatic rings. The average Bonchev–Trinajstić information content (AvgIpc) is 2.94. The minimum absolute atomic E-state index is 0.725. The van der Waals surface area contributed by atoms with Gasteiger partial charge in [0.25, 0.3) is 0 Å². The molecular weight excluding hydrogens is 250 g/mol. The third kappa shape index (κ3) is 3.20. The Morgan fingerprint density at radius 1 is 1.30 bits per heavy atom. The second-order valence-electron chi connectivity index (χ2n) is 6.28. The first-order chi connectivity index (χ1) is 9.86. The van der Waals surface area contributed by atoms with Crippen LogP contribution in [0.15, 0.2) is 6.33 Å². The summed E-state index contributed by atoms with van der Waals surface area (Å²) in [6, 6.07) is 0.725. The molecule has 5 heteroatoms. The SMILES string of the molecule is CCCNC1CCCCC1CN1CCn2cnnc2C1. The quantitative estimate of drug-likeness (QED) is 0.889. The van der Waals surface area contributed by atoms with Gasteiger partial charge in [-0.2, -0.15) is 0 Å². The predicted molar refractivity (Wildman–Crippen MR) is 79.3 cm³/mol. The van der Waals surface area contributed by atoms with Gasteiger partial charge in [-0.1, -0.05) is 19.8 Å². The normalized spacial score (nSPS) is 27.4. The summed E-state index contributed by atoms with van der Waals surface area (Å²) in [6.07, 6.45) is 8.62. The molecule has 0 spiro atoms. The molecule has 112 valence electrons. The number of rotatable bonds is 5. The van der Waals surface area contributed by atoms with Crippen LogP contribution in [-0.4, -0.2) is 45.3 Å². The molecule has 0 bridgehead atoms. The van der Waals surface area contributed by atoms with E-state index in [9.17, 15) is 0 Å². The van der Waals surface area contributed by atoms with E-state index in [1.807, 2.05) is 6.33 Å². The lowest BCUT2D eigenvalue weighted by Crippen LogP contribution is -2.46. The molecule has 1 saturated carbocycles. The average molecular weight is 277 g/mol. The van der Waals surface area contributed by atoms with E-state index in [-0.39, 0.29) is 0 Å². The Kier molecular flexibility index (Phi) is 4.68. The Morgan fingerprint density at radius 3 is 3.10 bits per heavy atom. The summed E-state index contributed by atoms with van der Waals surface area (Å²) in [5.74, 6) is 1.94. The minimum atomic E-state index is 0.725. The summed E-state index contributed by atoms with van der Waals surface area (Å²) in [7, 11) is 0. The Morgan fingerprint density at radius 2 is 2.20 bits per heavy atom. The maximum Gasteiger partial charge on any atom is 0.147 e. The van der Waals surface area contributed by atoms with E-state index < -0.39 is 0 Å². The van der Waals surface area contributed by atoms with Crippen LogP contribution < -0.4 is 5.32 Å². The van der Waals surface area contributed by atoms with Crippen molar-refractivity contribution in [2.75, 3.05) is 19.6 Å². The predicted octanol–water partition coefficient (Wildman–Crippen LogP) is 1.65. The summed E-state index contributed by atoms with van der Waals surface area (Å²) in [6.45, 7) is 7.78. The van der Waals surface area contributed by atoms with Crippen molar-refractivity contribution in [2.24, 2.45) is 5.92 Å². The zero-order chi connectivity index (χ0) is 13.8. The number of hydrogen-bond donors (Lipinski definition) is 1. The highest BCUT2D eigenvalue weighted by Gasteiger charge is 2.28. The van der Waals surface area contributed by atoms with Crippen molar-refractivity contribution >= 4 is 0 Å². The van der Waals surface area contributed by atoms with Crippen molar-refractivity contribution in [3.05, 3.63) is 12.2 Å². The van der Waals surface area contributed by atoms with Crippen LogP contribution >= 0.6 is 0 Å².